The number of rotatable bonds is 1. The Balaban J connectivity index is 2.77. The highest BCUT2D eigenvalue weighted by Crippen LogP contribution is 2.24. The number of benzene rings is 1. The second-order valence-electron chi connectivity index (χ2n) is 2.69. The van der Waals surface area contributed by atoms with Crippen LogP contribution in [0.5, 0.6) is 5.75 Å². The molecule has 1 heterocycles. The molecule has 0 amide bonds. The van der Waals surface area contributed by atoms with Crippen LogP contribution in [0, 0.1) is 0 Å². The first-order chi connectivity index (χ1) is 6.31. The Morgan fingerprint density at radius 3 is 3.00 bits per heavy atom. The molecule has 2 rings (SSSR count). The molecule has 2 aromatic rings. The van der Waals surface area contributed by atoms with E-state index < -0.39 is 0 Å². The average Bonchev–Trinajstić information content (AvgIpc) is 2.16. The van der Waals surface area contributed by atoms with Crippen LogP contribution in [-0.4, -0.2) is 12.1 Å². The summed E-state index contributed by atoms with van der Waals surface area (Å²) in [6.07, 6.45) is 1.77. The molecule has 0 N–H and O–H groups in total. The number of nitrogens with zero attached hydrogens (tertiary/aromatic N) is 1. The average molecular weight is 238 g/mol. The van der Waals surface area contributed by atoms with Crippen LogP contribution >= 0.6 is 15.9 Å². The zero-order chi connectivity index (χ0) is 9.26. The van der Waals surface area contributed by atoms with Crippen LogP contribution in [0.25, 0.3) is 10.9 Å². The van der Waals surface area contributed by atoms with Gasteiger partial charge >= 0.3 is 0 Å². The summed E-state index contributed by atoms with van der Waals surface area (Å²) >= 11 is 3.38. The molecule has 0 unspecified atom stereocenters. The van der Waals surface area contributed by atoms with Crippen molar-refractivity contribution in [3.8, 4) is 5.75 Å². The van der Waals surface area contributed by atoms with E-state index in [9.17, 15) is 0 Å². The van der Waals surface area contributed by atoms with E-state index in [1.807, 2.05) is 24.3 Å². The first-order valence-corrected chi connectivity index (χ1v) is 4.69. The first kappa shape index (κ1) is 8.51. The van der Waals surface area contributed by atoms with Crippen molar-refractivity contribution in [2.24, 2.45) is 0 Å². The minimum absolute atomic E-state index is 0.810. The SMILES string of the molecule is COc1cccc2cc(Br)cnc12. The summed E-state index contributed by atoms with van der Waals surface area (Å²) in [6, 6.07) is 7.89. The summed E-state index contributed by atoms with van der Waals surface area (Å²) in [5.41, 5.74) is 0.896. The van der Waals surface area contributed by atoms with Crippen molar-refractivity contribution in [3.63, 3.8) is 0 Å². The molecule has 1 aromatic heterocycles. The van der Waals surface area contributed by atoms with Crippen LogP contribution in [0.15, 0.2) is 34.9 Å². The van der Waals surface area contributed by atoms with Crippen LogP contribution in [0.3, 0.4) is 0 Å². The van der Waals surface area contributed by atoms with Crippen molar-refractivity contribution >= 4 is 26.8 Å². The zero-order valence-corrected chi connectivity index (χ0v) is 8.71. The van der Waals surface area contributed by atoms with Crippen molar-refractivity contribution in [2.45, 2.75) is 0 Å². The molecule has 1 aromatic carbocycles. The van der Waals surface area contributed by atoms with Gasteiger partial charge in [0, 0.05) is 16.1 Å². The van der Waals surface area contributed by atoms with E-state index in [1.54, 1.807) is 13.3 Å². The Morgan fingerprint density at radius 2 is 2.23 bits per heavy atom. The van der Waals surface area contributed by atoms with Gasteiger partial charge in [-0.3, -0.25) is 4.98 Å². The van der Waals surface area contributed by atoms with Crippen molar-refractivity contribution in [1.82, 2.24) is 4.98 Å². The molecular formula is C10H8BrNO. The van der Waals surface area contributed by atoms with Crippen LogP contribution in [0.2, 0.25) is 0 Å². The fourth-order valence-corrected chi connectivity index (χ4v) is 1.62. The van der Waals surface area contributed by atoms with Gasteiger partial charge < -0.3 is 4.74 Å². The molecule has 0 aliphatic heterocycles. The molecule has 0 saturated carbocycles. The van der Waals surface area contributed by atoms with Crippen LogP contribution < -0.4 is 4.74 Å². The summed E-state index contributed by atoms with van der Waals surface area (Å²) in [7, 11) is 1.65. The Labute approximate surface area is 84.7 Å². The maximum absolute atomic E-state index is 5.19. The van der Waals surface area contributed by atoms with Crippen molar-refractivity contribution in [1.29, 1.82) is 0 Å². The van der Waals surface area contributed by atoms with E-state index in [4.69, 9.17) is 4.74 Å². The fourth-order valence-electron chi connectivity index (χ4n) is 1.27. The Morgan fingerprint density at radius 1 is 1.38 bits per heavy atom. The van der Waals surface area contributed by atoms with Gasteiger partial charge in [-0.25, -0.2) is 0 Å². The number of halogens is 1. The zero-order valence-electron chi connectivity index (χ0n) is 7.12. The maximum atomic E-state index is 5.19. The predicted molar refractivity (Wildman–Crippen MR) is 56.0 cm³/mol. The smallest absolute Gasteiger partial charge is 0.145 e. The molecule has 0 saturated heterocycles. The lowest BCUT2D eigenvalue weighted by Gasteiger charge is -2.03. The number of hydrogen-bond donors (Lipinski definition) is 0. The minimum atomic E-state index is 0.810. The molecule has 0 bridgehead atoms. The third-order valence-electron chi connectivity index (χ3n) is 1.86. The summed E-state index contributed by atoms with van der Waals surface area (Å²) in [4.78, 5) is 4.28. The molecular weight excluding hydrogens is 230 g/mol. The monoisotopic (exact) mass is 237 g/mol. The lowest BCUT2D eigenvalue weighted by molar-refractivity contribution is 0.419. The summed E-state index contributed by atoms with van der Waals surface area (Å²) in [5.74, 6) is 0.810. The van der Waals surface area contributed by atoms with Gasteiger partial charge in [0.15, 0.2) is 0 Å². The molecule has 13 heavy (non-hydrogen) atoms. The number of para-hydroxylation sites is 1. The van der Waals surface area contributed by atoms with E-state index in [0.29, 0.717) is 0 Å². The van der Waals surface area contributed by atoms with Gasteiger partial charge in [0.1, 0.15) is 11.3 Å². The number of fused-ring (bicyclic) bond motifs is 1. The number of hydrogen-bond acceptors (Lipinski definition) is 2. The van der Waals surface area contributed by atoms with E-state index in [0.717, 1.165) is 21.1 Å². The molecule has 66 valence electrons. The topological polar surface area (TPSA) is 22.1 Å². The molecule has 0 aliphatic carbocycles. The van der Waals surface area contributed by atoms with Gasteiger partial charge in [-0.2, -0.15) is 0 Å². The Bertz CT molecular complexity index is 442. The van der Waals surface area contributed by atoms with Crippen LogP contribution in [0.1, 0.15) is 0 Å². The summed E-state index contributed by atoms with van der Waals surface area (Å²) in [6.45, 7) is 0. The molecule has 0 atom stereocenters. The van der Waals surface area contributed by atoms with Crippen LogP contribution in [-0.2, 0) is 0 Å². The third kappa shape index (κ3) is 1.52. The second-order valence-corrected chi connectivity index (χ2v) is 3.60. The molecule has 0 spiro atoms. The number of ether oxygens (including phenoxy) is 1. The minimum Gasteiger partial charge on any atom is -0.494 e. The predicted octanol–water partition coefficient (Wildman–Crippen LogP) is 3.01. The lowest BCUT2D eigenvalue weighted by Crippen LogP contribution is -1.86. The van der Waals surface area contributed by atoms with Gasteiger partial charge in [-0.15, -0.1) is 0 Å². The normalized spacial score (nSPS) is 10.3. The number of methoxy groups -OCH3 is 1. The Hall–Kier alpha value is -1.09. The first-order valence-electron chi connectivity index (χ1n) is 3.89. The van der Waals surface area contributed by atoms with E-state index in [2.05, 4.69) is 20.9 Å². The van der Waals surface area contributed by atoms with Crippen molar-refractivity contribution < 1.29 is 4.74 Å². The highest BCUT2D eigenvalue weighted by Gasteiger charge is 2.01. The number of aromatic nitrogens is 1. The van der Waals surface area contributed by atoms with E-state index in [1.165, 1.54) is 0 Å². The third-order valence-corrected chi connectivity index (χ3v) is 2.29. The highest BCUT2D eigenvalue weighted by molar-refractivity contribution is 9.10. The van der Waals surface area contributed by atoms with Crippen molar-refractivity contribution in [3.05, 3.63) is 34.9 Å². The standard InChI is InChI=1S/C10H8BrNO/c1-13-9-4-2-3-7-5-8(11)6-12-10(7)9/h2-6H,1H3. The van der Waals surface area contributed by atoms with E-state index >= 15 is 0 Å². The van der Waals surface area contributed by atoms with Gasteiger partial charge in [0.25, 0.3) is 0 Å². The second kappa shape index (κ2) is 3.34. The van der Waals surface area contributed by atoms with E-state index in [-0.39, 0.29) is 0 Å². The molecule has 0 aliphatic rings. The van der Waals surface area contributed by atoms with Gasteiger partial charge in [-0.1, -0.05) is 12.1 Å². The summed E-state index contributed by atoms with van der Waals surface area (Å²) < 4.78 is 6.17. The van der Waals surface area contributed by atoms with Crippen LogP contribution in [0.4, 0.5) is 0 Å². The maximum Gasteiger partial charge on any atom is 0.145 e. The Kier molecular flexibility index (Phi) is 2.19. The van der Waals surface area contributed by atoms with Gasteiger partial charge in [-0.05, 0) is 28.1 Å². The van der Waals surface area contributed by atoms with Gasteiger partial charge in [0.2, 0.25) is 0 Å². The fraction of sp³-hybridized carbons (Fsp3) is 0.100. The number of pyridine rings is 1. The summed E-state index contributed by atoms with van der Waals surface area (Å²) in [5, 5.41) is 1.08. The molecule has 0 fully saturated rings. The quantitative estimate of drug-likeness (QED) is 0.761. The highest BCUT2D eigenvalue weighted by atomic mass is 79.9. The molecule has 2 nitrogen and oxygen atoms in total. The largest absolute Gasteiger partial charge is 0.494 e. The van der Waals surface area contributed by atoms with Crippen molar-refractivity contribution in [2.75, 3.05) is 7.11 Å². The van der Waals surface area contributed by atoms with Gasteiger partial charge in [0.05, 0.1) is 7.11 Å². The molecule has 3 heteroatoms. The lowest BCUT2D eigenvalue weighted by atomic mass is 10.2. The molecule has 0 radical (unpaired) electrons.